The molecule has 2 aromatic heterocycles. The zero-order valence-corrected chi connectivity index (χ0v) is 12.6. The van der Waals surface area contributed by atoms with Crippen molar-refractivity contribution in [3.8, 4) is 0 Å². The summed E-state index contributed by atoms with van der Waals surface area (Å²) in [4.78, 5) is 16.3. The number of carbonyl (C=O) groups excluding carboxylic acids is 1. The van der Waals surface area contributed by atoms with Gasteiger partial charge in [0, 0.05) is 18.4 Å². The normalized spacial score (nSPS) is 16.0. The van der Waals surface area contributed by atoms with Gasteiger partial charge in [-0.15, -0.1) is 0 Å². The molecule has 0 atom stereocenters. The Hall–Kier alpha value is -1.75. The number of rotatable bonds is 3. The van der Waals surface area contributed by atoms with Crippen molar-refractivity contribution in [3.63, 3.8) is 0 Å². The lowest BCUT2D eigenvalue weighted by atomic mass is 9.96. The van der Waals surface area contributed by atoms with Crippen LogP contribution in [-0.2, 0) is 6.54 Å². The molecule has 0 radical (unpaired) electrons. The minimum absolute atomic E-state index is 0.114. The van der Waals surface area contributed by atoms with E-state index in [1.165, 1.54) is 19.3 Å². The molecule has 2 heterocycles. The second-order valence-corrected chi connectivity index (χ2v) is 5.94. The maximum absolute atomic E-state index is 11.9. The Bertz CT molecular complexity index is 634. The van der Waals surface area contributed by atoms with E-state index in [4.69, 9.17) is 11.6 Å². The van der Waals surface area contributed by atoms with Crippen molar-refractivity contribution in [2.45, 2.75) is 44.7 Å². The first kappa shape index (κ1) is 14.2. The molecule has 2 N–H and O–H groups in total. The van der Waals surface area contributed by atoms with Gasteiger partial charge in [-0.25, -0.2) is 9.78 Å². The van der Waals surface area contributed by atoms with Gasteiger partial charge in [-0.1, -0.05) is 30.9 Å². The molecule has 2 amide bonds. The Morgan fingerprint density at radius 2 is 2.10 bits per heavy atom. The van der Waals surface area contributed by atoms with E-state index in [1.807, 2.05) is 16.7 Å². The van der Waals surface area contributed by atoms with E-state index in [0.29, 0.717) is 17.6 Å². The van der Waals surface area contributed by atoms with Crippen LogP contribution >= 0.6 is 11.6 Å². The highest BCUT2D eigenvalue weighted by Gasteiger charge is 2.15. The van der Waals surface area contributed by atoms with Gasteiger partial charge in [0.25, 0.3) is 0 Å². The second-order valence-electron chi connectivity index (χ2n) is 5.51. The number of hydrogen-bond donors (Lipinski definition) is 2. The maximum Gasteiger partial charge on any atom is 0.315 e. The number of carbonyl (C=O) groups is 1. The second kappa shape index (κ2) is 6.35. The van der Waals surface area contributed by atoms with Gasteiger partial charge in [-0.05, 0) is 25.0 Å². The van der Waals surface area contributed by atoms with Crippen LogP contribution in [0.2, 0.25) is 5.02 Å². The van der Waals surface area contributed by atoms with Crippen LogP contribution in [0.3, 0.4) is 0 Å². The van der Waals surface area contributed by atoms with Crippen LogP contribution < -0.4 is 10.6 Å². The van der Waals surface area contributed by atoms with E-state index in [0.717, 1.165) is 24.2 Å². The van der Waals surface area contributed by atoms with E-state index in [9.17, 15) is 4.79 Å². The first-order chi connectivity index (χ1) is 10.2. The number of hydrogen-bond acceptors (Lipinski definition) is 2. The van der Waals surface area contributed by atoms with Crippen molar-refractivity contribution in [2.75, 3.05) is 0 Å². The summed E-state index contributed by atoms with van der Waals surface area (Å²) >= 11 is 5.94. The number of pyridine rings is 1. The van der Waals surface area contributed by atoms with Crippen molar-refractivity contribution >= 4 is 23.3 Å². The highest BCUT2D eigenvalue weighted by Crippen LogP contribution is 2.17. The molecule has 0 saturated heterocycles. The number of halogens is 1. The molecule has 1 fully saturated rings. The lowest BCUT2D eigenvalue weighted by Gasteiger charge is -2.22. The SMILES string of the molecule is O=C(NCc1cn2cc(Cl)ccc2n1)NC1CCCCC1. The summed E-state index contributed by atoms with van der Waals surface area (Å²) in [5, 5.41) is 6.55. The molecule has 112 valence electrons. The van der Waals surface area contributed by atoms with E-state index in [-0.39, 0.29) is 6.03 Å². The fourth-order valence-electron chi connectivity index (χ4n) is 2.76. The van der Waals surface area contributed by atoms with Crippen molar-refractivity contribution in [2.24, 2.45) is 0 Å². The standard InChI is InChI=1S/C15H19ClN4O/c16-11-6-7-14-18-13(10-20(14)9-11)8-17-15(21)19-12-4-2-1-3-5-12/h6-7,9-10,12H,1-5,8H2,(H2,17,19,21). The maximum atomic E-state index is 11.9. The molecule has 0 aromatic carbocycles. The third kappa shape index (κ3) is 3.67. The molecule has 21 heavy (non-hydrogen) atoms. The number of nitrogens with one attached hydrogen (secondary N) is 2. The first-order valence-electron chi connectivity index (χ1n) is 7.38. The average Bonchev–Trinajstić information content (AvgIpc) is 2.88. The lowest BCUT2D eigenvalue weighted by Crippen LogP contribution is -2.42. The van der Waals surface area contributed by atoms with Crippen molar-refractivity contribution < 1.29 is 4.79 Å². The molecule has 1 aliphatic rings. The van der Waals surface area contributed by atoms with Crippen LogP contribution in [0.5, 0.6) is 0 Å². The van der Waals surface area contributed by atoms with Crippen LogP contribution in [0.15, 0.2) is 24.5 Å². The van der Waals surface area contributed by atoms with E-state index < -0.39 is 0 Å². The quantitative estimate of drug-likeness (QED) is 0.915. The predicted molar refractivity (Wildman–Crippen MR) is 82.4 cm³/mol. The number of amides is 2. The van der Waals surface area contributed by atoms with Gasteiger partial charge < -0.3 is 15.0 Å². The molecule has 2 aromatic rings. The number of nitrogens with zero attached hydrogens (tertiary/aromatic N) is 2. The van der Waals surface area contributed by atoms with E-state index in [2.05, 4.69) is 15.6 Å². The third-order valence-corrected chi connectivity index (χ3v) is 4.06. The Labute approximate surface area is 128 Å². The van der Waals surface area contributed by atoms with Gasteiger partial charge in [0.05, 0.1) is 17.3 Å². The van der Waals surface area contributed by atoms with Crippen LogP contribution in [0.4, 0.5) is 4.79 Å². The molecule has 0 spiro atoms. The predicted octanol–water partition coefficient (Wildman–Crippen LogP) is 3.12. The van der Waals surface area contributed by atoms with Gasteiger partial charge in [-0.2, -0.15) is 0 Å². The monoisotopic (exact) mass is 306 g/mol. The third-order valence-electron chi connectivity index (χ3n) is 3.84. The first-order valence-corrected chi connectivity index (χ1v) is 7.76. The van der Waals surface area contributed by atoms with Gasteiger partial charge in [0.2, 0.25) is 0 Å². The van der Waals surface area contributed by atoms with Crippen molar-refractivity contribution in [3.05, 3.63) is 35.2 Å². The largest absolute Gasteiger partial charge is 0.335 e. The zero-order valence-electron chi connectivity index (χ0n) is 11.8. The van der Waals surface area contributed by atoms with Gasteiger partial charge in [0.15, 0.2) is 0 Å². The summed E-state index contributed by atoms with van der Waals surface area (Å²) < 4.78 is 1.86. The number of urea groups is 1. The number of fused-ring (bicyclic) bond motifs is 1. The van der Waals surface area contributed by atoms with E-state index in [1.54, 1.807) is 12.3 Å². The lowest BCUT2D eigenvalue weighted by molar-refractivity contribution is 0.232. The van der Waals surface area contributed by atoms with E-state index >= 15 is 0 Å². The summed E-state index contributed by atoms with van der Waals surface area (Å²) in [6, 6.07) is 3.86. The molecule has 1 aliphatic carbocycles. The topological polar surface area (TPSA) is 58.4 Å². The summed E-state index contributed by atoms with van der Waals surface area (Å²) in [5.74, 6) is 0. The molecule has 0 bridgehead atoms. The van der Waals surface area contributed by atoms with Crippen LogP contribution in [0, 0.1) is 0 Å². The van der Waals surface area contributed by atoms with Gasteiger partial charge in [-0.3, -0.25) is 0 Å². The van der Waals surface area contributed by atoms with Gasteiger partial charge >= 0.3 is 6.03 Å². The Balaban J connectivity index is 1.54. The summed E-state index contributed by atoms with van der Waals surface area (Å²) in [7, 11) is 0. The van der Waals surface area contributed by atoms with Crippen molar-refractivity contribution in [1.82, 2.24) is 20.0 Å². The van der Waals surface area contributed by atoms with Crippen LogP contribution in [0.1, 0.15) is 37.8 Å². The summed E-state index contributed by atoms with van der Waals surface area (Å²) in [5.41, 5.74) is 1.64. The Morgan fingerprint density at radius 1 is 1.29 bits per heavy atom. The summed E-state index contributed by atoms with van der Waals surface area (Å²) in [6.07, 6.45) is 9.54. The fraction of sp³-hybridized carbons (Fsp3) is 0.467. The molecule has 5 nitrogen and oxygen atoms in total. The average molecular weight is 307 g/mol. The zero-order chi connectivity index (χ0) is 14.7. The van der Waals surface area contributed by atoms with Crippen LogP contribution in [-0.4, -0.2) is 21.5 Å². The summed E-state index contributed by atoms with van der Waals surface area (Å²) in [6.45, 7) is 0.415. The Morgan fingerprint density at radius 3 is 2.90 bits per heavy atom. The minimum Gasteiger partial charge on any atom is -0.335 e. The smallest absolute Gasteiger partial charge is 0.315 e. The molecule has 3 rings (SSSR count). The molecule has 0 unspecified atom stereocenters. The Kier molecular flexibility index (Phi) is 4.29. The number of imidazole rings is 1. The fourth-order valence-corrected chi connectivity index (χ4v) is 2.92. The minimum atomic E-state index is -0.114. The van der Waals surface area contributed by atoms with Crippen molar-refractivity contribution in [1.29, 1.82) is 0 Å². The molecular formula is C15H19ClN4O. The highest BCUT2D eigenvalue weighted by atomic mass is 35.5. The highest BCUT2D eigenvalue weighted by molar-refractivity contribution is 6.30. The molecular weight excluding hydrogens is 288 g/mol. The molecule has 1 saturated carbocycles. The number of aromatic nitrogens is 2. The van der Waals surface area contributed by atoms with Gasteiger partial charge in [0.1, 0.15) is 5.65 Å². The molecule has 0 aliphatic heterocycles. The van der Waals surface area contributed by atoms with Crippen LogP contribution in [0.25, 0.3) is 5.65 Å². The molecule has 6 heteroatoms.